The van der Waals surface area contributed by atoms with E-state index in [1.165, 1.54) is 35.4 Å². The number of anilines is 1. The summed E-state index contributed by atoms with van der Waals surface area (Å²) >= 11 is 0. The maximum absolute atomic E-state index is 13.2. The average Bonchev–Trinajstić information content (AvgIpc) is 2.75. The van der Waals surface area contributed by atoms with Crippen molar-refractivity contribution in [2.24, 2.45) is 5.16 Å². The van der Waals surface area contributed by atoms with Crippen LogP contribution in [0.4, 0.5) is 15.0 Å². The van der Waals surface area contributed by atoms with Crippen LogP contribution in [0.2, 0.25) is 0 Å². The number of benzene rings is 1. The van der Waals surface area contributed by atoms with Crippen LogP contribution in [0.15, 0.2) is 47.8 Å². The molecule has 9 heteroatoms. The van der Waals surface area contributed by atoms with E-state index in [4.69, 9.17) is 9.47 Å². The molecule has 0 saturated carbocycles. The Morgan fingerprint density at radius 2 is 1.81 bits per heavy atom. The van der Waals surface area contributed by atoms with Gasteiger partial charge in [0.1, 0.15) is 17.2 Å². The van der Waals surface area contributed by atoms with Crippen molar-refractivity contribution in [2.45, 2.75) is 45.3 Å². The van der Waals surface area contributed by atoms with Crippen molar-refractivity contribution >= 4 is 23.4 Å². The van der Waals surface area contributed by atoms with E-state index in [2.05, 4.69) is 10.1 Å². The lowest BCUT2D eigenvalue weighted by atomic mass is 10.0. The predicted molar refractivity (Wildman–Crippen MR) is 116 cm³/mol. The lowest BCUT2D eigenvalue weighted by molar-refractivity contribution is 0.0485. The van der Waals surface area contributed by atoms with E-state index >= 15 is 0 Å². The summed E-state index contributed by atoms with van der Waals surface area (Å²) in [4.78, 5) is 31.6. The molecule has 1 aromatic carbocycles. The van der Waals surface area contributed by atoms with Crippen LogP contribution in [0, 0.1) is 5.82 Å². The number of aromatic nitrogens is 1. The average molecular weight is 443 g/mol. The van der Waals surface area contributed by atoms with E-state index in [1.807, 2.05) is 0 Å². The fourth-order valence-electron chi connectivity index (χ4n) is 3.35. The molecule has 1 fully saturated rings. The van der Waals surface area contributed by atoms with Crippen molar-refractivity contribution in [1.82, 2.24) is 4.98 Å². The van der Waals surface area contributed by atoms with Gasteiger partial charge < -0.3 is 14.7 Å². The molecule has 8 nitrogen and oxygen atoms in total. The normalized spacial score (nSPS) is 15.3. The molecular formula is C23H26FN3O5. The molecule has 0 aliphatic carbocycles. The Kier molecular flexibility index (Phi) is 7.19. The van der Waals surface area contributed by atoms with E-state index in [9.17, 15) is 19.2 Å². The summed E-state index contributed by atoms with van der Waals surface area (Å²) in [7, 11) is 0. The molecule has 0 bridgehead atoms. The second kappa shape index (κ2) is 9.86. The number of hydrogen-bond acceptors (Lipinski definition) is 7. The van der Waals surface area contributed by atoms with Gasteiger partial charge in [0, 0.05) is 36.6 Å². The SMILES string of the molecule is CC(C)(C)OC(=O)N(c1cc(C(=NO)C(=O)c2ccc(F)cc2)ccn1)C1CCOCC1. The second-order valence-corrected chi connectivity index (χ2v) is 8.38. The van der Waals surface area contributed by atoms with Crippen LogP contribution in [0.5, 0.6) is 0 Å². The number of rotatable bonds is 5. The summed E-state index contributed by atoms with van der Waals surface area (Å²) in [6.45, 7) is 6.31. The summed E-state index contributed by atoms with van der Waals surface area (Å²) in [5.41, 5.74) is -0.552. The van der Waals surface area contributed by atoms with Gasteiger partial charge in [-0.1, -0.05) is 5.16 Å². The quantitative estimate of drug-likeness (QED) is 0.322. The van der Waals surface area contributed by atoms with Crippen LogP contribution in [0.1, 0.15) is 49.5 Å². The molecule has 1 amide bonds. The first-order valence-electron chi connectivity index (χ1n) is 10.3. The van der Waals surface area contributed by atoms with Gasteiger partial charge in [-0.15, -0.1) is 0 Å². The second-order valence-electron chi connectivity index (χ2n) is 8.38. The Morgan fingerprint density at radius 1 is 1.16 bits per heavy atom. The van der Waals surface area contributed by atoms with Gasteiger partial charge in [0.05, 0.1) is 0 Å². The molecule has 1 aliphatic rings. The van der Waals surface area contributed by atoms with Crippen molar-refractivity contribution in [2.75, 3.05) is 18.1 Å². The lowest BCUT2D eigenvalue weighted by Gasteiger charge is -2.34. The Bertz CT molecular complexity index is 995. The number of hydrogen-bond donors (Lipinski definition) is 1. The highest BCUT2D eigenvalue weighted by atomic mass is 19.1. The highest BCUT2D eigenvalue weighted by Crippen LogP contribution is 2.25. The van der Waals surface area contributed by atoms with Crippen LogP contribution in [0.3, 0.4) is 0 Å². The molecule has 0 atom stereocenters. The Hall–Kier alpha value is -3.33. The molecular weight excluding hydrogens is 417 g/mol. The smallest absolute Gasteiger partial charge is 0.416 e. The number of carbonyl (C=O) groups is 2. The number of Topliss-reactive ketones (excluding diaryl/α,β-unsaturated/α-hetero) is 1. The largest absolute Gasteiger partial charge is 0.443 e. The van der Waals surface area contributed by atoms with E-state index in [0.29, 0.717) is 26.1 Å². The van der Waals surface area contributed by atoms with Crippen molar-refractivity contribution in [3.8, 4) is 0 Å². The summed E-state index contributed by atoms with van der Waals surface area (Å²) in [6, 6.07) is 7.70. The lowest BCUT2D eigenvalue weighted by Crippen LogP contribution is -2.46. The van der Waals surface area contributed by atoms with Gasteiger partial charge >= 0.3 is 6.09 Å². The van der Waals surface area contributed by atoms with Gasteiger partial charge in [-0.25, -0.2) is 14.2 Å². The maximum atomic E-state index is 13.2. The molecule has 0 spiro atoms. The number of ketones is 1. The number of amides is 1. The van der Waals surface area contributed by atoms with Gasteiger partial charge in [0.2, 0.25) is 5.78 Å². The summed E-state index contributed by atoms with van der Waals surface area (Å²) in [5, 5.41) is 12.7. The van der Waals surface area contributed by atoms with Gasteiger partial charge in [-0.05, 0) is 70.0 Å². The van der Waals surface area contributed by atoms with E-state index in [-0.39, 0.29) is 28.7 Å². The number of pyridine rings is 1. The van der Waals surface area contributed by atoms with Crippen molar-refractivity contribution in [3.05, 3.63) is 59.5 Å². The van der Waals surface area contributed by atoms with Gasteiger partial charge in [-0.3, -0.25) is 9.69 Å². The zero-order valence-electron chi connectivity index (χ0n) is 18.2. The standard InChI is InChI=1S/C23H26FN3O5/c1-23(2,3)32-22(29)27(18-9-12-31-13-10-18)19-14-16(8-11-25-19)20(26-30)21(28)15-4-6-17(24)7-5-15/h4-8,11,14,18,30H,9-10,12-13H2,1-3H3. The third-order valence-corrected chi connectivity index (χ3v) is 4.83. The number of halogens is 1. The number of oxime groups is 1. The zero-order chi connectivity index (χ0) is 23.3. The first-order chi connectivity index (χ1) is 15.2. The Morgan fingerprint density at radius 3 is 2.41 bits per heavy atom. The molecule has 0 radical (unpaired) electrons. The fourth-order valence-corrected chi connectivity index (χ4v) is 3.35. The fraction of sp³-hybridized carbons (Fsp3) is 0.391. The minimum absolute atomic E-state index is 0.158. The number of ether oxygens (including phenoxy) is 2. The van der Waals surface area contributed by atoms with E-state index < -0.39 is 23.3 Å². The first kappa shape index (κ1) is 23.3. The Labute approximate surface area is 185 Å². The molecule has 1 aliphatic heterocycles. The number of carbonyl (C=O) groups excluding carboxylic acids is 2. The van der Waals surface area contributed by atoms with Gasteiger partial charge in [0.25, 0.3) is 0 Å². The third-order valence-electron chi connectivity index (χ3n) is 4.83. The van der Waals surface area contributed by atoms with Crippen molar-refractivity contribution in [3.63, 3.8) is 0 Å². The predicted octanol–water partition coefficient (Wildman–Crippen LogP) is 4.20. The minimum atomic E-state index is -0.714. The topological polar surface area (TPSA) is 101 Å². The molecule has 1 N–H and O–H groups in total. The van der Waals surface area contributed by atoms with Crippen LogP contribution < -0.4 is 4.90 Å². The molecule has 170 valence electrons. The monoisotopic (exact) mass is 443 g/mol. The van der Waals surface area contributed by atoms with Gasteiger partial charge in [0.15, 0.2) is 5.71 Å². The summed E-state index contributed by atoms with van der Waals surface area (Å²) in [6.07, 6.45) is 2.05. The molecule has 3 rings (SSSR count). The van der Waals surface area contributed by atoms with Crippen LogP contribution in [-0.4, -0.2) is 52.6 Å². The molecule has 0 unspecified atom stereocenters. The number of nitrogens with zero attached hydrogens (tertiary/aromatic N) is 3. The zero-order valence-corrected chi connectivity index (χ0v) is 18.2. The molecule has 32 heavy (non-hydrogen) atoms. The molecule has 1 aromatic heterocycles. The molecule has 1 saturated heterocycles. The summed E-state index contributed by atoms with van der Waals surface area (Å²) < 4.78 is 24.2. The van der Waals surface area contributed by atoms with Gasteiger partial charge in [-0.2, -0.15) is 0 Å². The van der Waals surface area contributed by atoms with Crippen LogP contribution >= 0.6 is 0 Å². The highest BCUT2D eigenvalue weighted by molar-refractivity contribution is 6.51. The van der Waals surface area contributed by atoms with Crippen LogP contribution in [0.25, 0.3) is 0 Å². The molecule has 2 aromatic rings. The maximum Gasteiger partial charge on any atom is 0.416 e. The summed E-state index contributed by atoms with van der Waals surface area (Å²) in [5.74, 6) is -0.823. The molecule has 2 heterocycles. The minimum Gasteiger partial charge on any atom is -0.443 e. The van der Waals surface area contributed by atoms with Crippen molar-refractivity contribution in [1.29, 1.82) is 0 Å². The highest BCUT2D eigenvalue weighted by Gasteiger charge is 2.32. The van der Waals surface area contributed by atoms with Crippen LogP contribution in [-0.2, 0) is 9.47 Å². The Balaban J connectivity index is 1.96. The van der Waals surface area contributed by atoms with E-state index in [0.717, 1.165) is 12.1 Å². The third kappa shape index (κ3) is 5.67. The first-order valence-corrected chi connectivity index (χ1v) is 10.3. The van der Waals surface area contributed by atoms with Crippen molar-refractivity contribution < 1.29 is 28.7 Å². The van der Waals surface area contributed by atoms with E-state index in [1.54, 1.807) is 20.8 Å².